The van der Waals surface area contributed by atoms with E-state index in [2.05, 4.69) is 29.1 Å². The first-order valence-electron chi connectivity index (χ1n) is 17.0. The predicted octanol–water partition coefficient (Wildman–Crippen LogP) is 4.44. The second-order valence-corrected chi connectivity index (χ2v) is 14.2. The number of ether oxygens (including phenoxy) is 3. The lowest BCUT2D eigenvalue weighted by Gasteiger charge is -2.37. The fraction of sp³-hybridized carbons (Fsp3) is 0.474. The number of hydrogen-bond acceptors (Lipinski definition) is 8. The van der Waals surface area contributed by atoms with E-state index in [4.69, 9.17) is 14.2 Å². The summed E-state index contributed by atoms with van der Waals surface area (Å²) < 4.78 is 18.3. The maximum Gasteiger partial charge on any atom is 0.313 e. The fourth-order valence-electron chi connectivity index (χ4n) is 7.64. The maximum absolute atomic E-state index is 14.7. The average Bonchev–Trinajstić information content (AvgIpc) is 3.73. The van der Waals surface area contributed by atoms with Crippen LogP contribution in [-0.4, -0.2) is 101 Å². The summed E-state index contributed by atoms with van der Waals surface area (Å²) in [6, 6.07) is 14.6. The number of aliphatic hydroxyl groups is 1. The fourth-order valence-corrected chi connectivity index (χ4v) is 8.59. The number of esters is 1. The normalized spacial score (nSPS) is 26.1. The second kappa shape index (κ2) is 15.9. The smallest absolute Gasteiger partial charge is 0.313 e. The Labute approximate surface area is 302 Å². The third-order valence-corrected chi connectivity index (χ3v) is 11.0. The first kappa shape index (κ1) is 37.3. The molecule has 3 aliphatic rings. The molecule has 2 aromatic carbocycles. The number of methoxy groups -OCH3 is 1. The quantitative estimate of drug-likeness (QED) is 0.152. The minimum absolute atomic E-state index is 0.0958. The van der Waals surface area contributed by atoms with Crippen LogP contribution in [0.5, 0.6) is 5.75 Å². The van der Waals surface area contributed by atoms with Crippen LogP contribution in [0, 0.1) is 11.8 Å². The van der Waals surface area contributed by atoms with Crippen LogP contribution in [0.15, 0.2) is 79.9 Å². The van der Waals surface area contributed by atoms with E-state index in [1.165, 1.54) is 4.90 Å². The number of halogens is 1. The van der Waals surface area contributed by atoms with E-state index in [0.717, 1.165) is 0 Å². The first-order chi connectivity index (χ1) is 24.0. The number of anilines is 1. The molecule has 3 amide bonds. The van der Waals surface area contributed by atoms with Gasteiger partial charge in [-0.25, -0.2) is 0 Å². The number of benzene rings is 2. The van der Waals surface area contributed by atoms with E-state index in [0.29, 0.717) is 29.8 Å². The Bertz CT molecular complexity index is 1570. The number of nitrogens with zero attached hydrogens (tertiary/aromatic N) is 3. The molecule has 3 heterocycles. The van der Waals surface area contributed by atoms with Gasteiger partial charge in [0.15, 0.2) is 0 Å². The Morgan fingerprint density at radius 3 is 2.46 bits per heavy atom. The molecular weight excluding hydrogens is 706 g/mol. The molecule has 3 fully saturated rings. The lowest BCUT2D eigenvalue weighted by molar-refractivity contribution is -0.164. The molecule has 5 rings (SSSR count). The van der Waals surface area contributed by atoms with Gasteiger partial charge in [-0.3, -0.25) is 19.2 Å². The zero-order valence-electron chi connectivity index (χ0n) is 28.8. The van der Waals surface area contributed by atoms with Crippen LogP contribution in [0.4, 0.5) is 5.69 Å². The van der Waals surface area contributed by atoms with E-state index in [-0.39, 0.29) is 49.2 Å². The molecule has 1 spiro atoms. The van der Waals surface area contributed by atoms with E-state index >= 15 is 0 Å². The Hall–Kier alpha value is -4.00. The number of fused-ring (bicyclic) bond motifs is 1. The summed E-state index contributed by atoms with van der Waals surface area (Å²) in [5, 5.41) is 9.76. The van der Waals surface area contributed by atoms with Gasteiger partial charge in [0.2, 0.25) is 11.8 Å². The van der Waals surface area contributed by atoms with Crippen molar-refractivity contribution in [3.63, 3.8) is 0 Å². The minimum Gasteiger partial charge on any atom is -0.497 e. The highest BCUT2D eigenvalue weighted by Gasteiger charge is 2.77. The summed E-state index contributed by atoms with van der Waals surface area (Å²) in [7, 11) is 3.23. The summed E-state index contributed by atoms with van der Waals surface area (Å²) in [6.07, 6.45) is 3.03. The number of alkyl halides is 1. The molecule has 8 atom stereocenters. The van der Waals surface area contributed by atoms with Gasteiger partial charge < -0.3 is 34.0 Å². The predicted molar refractivity (Wildman–Crippen MR) is 192 cm³/mol. The van der Waals surface area contributed by atoms with E-state index in [9.17, 15) is 24.3 Å². The van der Waals surface area contributed by atoms with Gasteiger partial charge in [0.1, 0.15) is 23.5 Å². The molecule has 0 radical (unpaired) electrons. The van der Waals surface area contributed by atoms with Crippen molar-refractivity contribution in [2.45, 2.75) is 67.3 Å². The number of carbonyl (C=O) groups is 4. The number of rotatable bonds is 16. The number of amides is 3. The Morgan fingerprint density at radius 1 is 1.14 bits per heavy atom. The zero-order valence-corrected chi connectivity index (χ0v) is 30.4. The van der Waals surface area contributed by atoms with Crippen molar-refractivity contribution in [3.05, 3.63) is 85.5 Å². The van der Waals surface area contributed by atoms with Crippen molar-refractivity contribution in [1.82, 2.24) is 9.80 Å². The largest absolute Gasteiger partial charge is 0.497 e. The van der Waals surface area contributed by atoms with Crippen molar-refractivity contribution in [1.29, 1.82) is 0 Å². The maximum atomic E-state index is 14.7. The van der Waals surface area contributed by atoms with Crippen molar-refractivity contribution >= 4 is 45.3 Å². The number of hydrogen-bond donors (Lipinski definition) is 1. The monoisotopic (exact) mass is 751 g/mol. The summed E-state index contributed by atoms with van der Waals surface area (Å²) in [6.45, 7) is 9.45. The summed E-state index contributed by atoms with van der Waals surface area (Å²) in [5.74, 6) is -2.93. The molecule has 12 heteroatoms. The molecule has 1 N–H and O–H groups in total. The second-order valence-electron chi connectivity index (χ2n) is 13.0. The van der Waals surface area contributed by atoms with Crippen LogP contribution >= 0.6 is 15.9 Å². The third-order valence-electron chi connectivity index (χ3n) is 10.2. The zero-order chi connectivity index (χ0) is 36.2. The van der Waals surface area contributed by atoms with Crippen LogP contribution in [0.25, 0.3) is 0 Å². The van der Waals surface area contributed by atoms with Crippen molar-refractivity contribution in [3.8, 4) is 5.75 Å². The Morgan fingerprint density at radius 2 is 1.84 bits per heavy atom. The summed E-state index contributed by atoms with van der Waals surface area (Å²) >= 11 is 3.72. The van der Waals surface area contributed by atoms with Gasteiger partial charge in [-0.2, -0.15) is 0 Å². The number of allylic oxidation sites excluding steroid dienone is 1. The Kier molecular flexibility index (Phi) is 11.9. The van der Waals surface area contributed by atoms with Gasteiger partial charge >= 0.3 is 5.97 Å². The van der Waals surface area contributed by atoms with Crippen LogP contribution in [0.2, 0.25) is 0 Å². The molecule has 3 saturated heterocycles. The van der Waals surface area contributed by atoms with Crippen molar-refractivity contribution in [2.24, 2.45) is 11.8 Å². The van der Waals surface area contributed by atoms with Gasteiger partial charge in [0.25, 0.3) is 5.91 Å². The number of carbonyl (C=O) groups excluding carboxylic acids is 4. The average molecular weight is 753 g/mol. The molecular formula is C38H46BrN3O8. The van der Waals surface area contributed by atoms with Crippen LogP contribution in [0.1, 0.15) is 44.3 Å². The molecule has 0 aromatic heterocycles. The topological polar surface area (TPSA) is 126 Å². The molecule has 3 aliphatic heterocycles. The van der Waals surface area contributed by atoms with Crippen LogP contribution in [0.3, 0.4) is 0 Å². The van der Waals surface area contributed by atoms with Crippen LogP contribution < -0.4 is 9.64 Å². The van der Waals surface area contributed by atoms with Gasteiger partial charge in [-0.1, -0.05) is 58.4 Å². The van der Waals surface area contributed by atoms with E-state index < -0.39 is 53.6 Å². The highest BCUT2D eigenvalue weighted by atomic mass is 79.9. The van der Waals surface area contributed by atoms with E-state index in [1.54, 1.807) is 60.4 Å². The summed E-state index contributed by atoms with van der Waals surface area (Å²) in [4.78, 5) is 60.9. The standard InChI is InChI=1S/C38H46BrN3O8/c1-6-8-15-29(44)40(4)24(3)32(25-13-10-9-11-14-25)49-37(47)30-31-35(45)42(21-12-22-43)34(38(31)23-28(39)33(30)50-38)36(46)41(20-7-2)26-16-18-27(48-5)19-17-26/h6-7,9-11,13-14,16-19,24,28,30-34,43H,1-2,8,12,15,20-23H2,3-5H3/t24-,28?,30-,31+,32+,33-,34-,38+/m1/s1. The molecule has 0 aliphatic carbocycles. The lowest BCUT2D eigenvalue weighted by Crippen LogP contribution is -2.57. The summed E-state index contributed by atoms with van der Waals surface area (Å²) in [5.41, 5.74) is -0.0557. The van der Waals surface area contributed by atoms with Gasteiger partial charge in [0.05, 0.1) is 31.1 Å². The molecule has 2 aromatic rings. The third kappa shape index (κ3) is 6.85. The highest BCUT2D eigenvalue weighted by Crippen LogP contribution is 2.60. The Balaban J connectivity index is 1.50. The molecule has 0 saturated carbocycles. The molecule has 1 unspecified atom stereocenters. The van der Waals surface area contributed by atoms with Crippen molar-refractivity contribution in [2.75, 3.05) is 38.8 Å². The SMILES string of the molecule is C=CCCC(=O)N(C)[C@H](C)[C@H](OC(=O)[C@H]1[C@@H]2O[C@@]3(CC2Br)[C@@H]1C(=O)N(CCCO)[C@@H]3C(=O)N(CC=C)c1ccc(OC)cc1)c1ccccc1. The van der Waals surface area contributed by atoms with Crippen LogP contribution in [-0.2, 0) is 28.7 Å². The lowest BCUT2D eigenvalue weighted by atomic mass is 9.70. The van der Waals surface area contributed by atoms with Crippen molar-refractivity contribution < 1.29 is 38.5 Å². The molecule has 11 nitrogen and oxygen atoms in total. The minimum atomic E-state index is -1.33. The van der Waals surface area contributed by atoms with E-state index in [1.807, 2.05) is 37.3 Å². The molecule has 268 valence electrons. The number of aliphatic hydroxyl groups excluding tert-OH is 1. The number of likely N-dealkylation sites (tertiary alicyclic amines) is 1. The van der Waals surface area contributed by atoms with Gasteiger partial charge in [-0.15, -0.1) is 13.2 Å². The molecule has 2 bridgehead atoms. The van der Waals surface area contributed by atoms with Gasteiger partial charge in [-0.05, 0) is 56.0 Å². The highest BCUT2D eigenvalue weighted by molar-refractivity contribution is 9.09. The first-order valence-corrected chi connectivity index (χ1v) is 17.9. The van der Waals surface area contributed by atoms with Gasteiger partial charge in [0, 0.05) is 43.7 Å². The number of likely N-dealkylation sites (N-methyl/N-ethyl adjacent to an activating group) is 1. The molecule has 50 heavy (non-hydrogen) atoms.